The van der Waals surface area contributed by atoms with Gasteiger partial charge in [-0.2, -0.15) is 0 Å². The fourth-order valence-electron chi connectivity index (χ4n) is 2.33. The first kappa shape index (κ1) is 12.1. The molecule has 0 aromatic heterocycles. The molecule has 0 heterocycles. The fraction of sp³-hybridized carbons (Fsp3) is 0. The highest BCUT2D eigenvalue weighted by Gasteiger charge is 2.30. The standard InChI is InChI=1S/C15H8O5/c16-13-9-6-8(7-4-2-1-3-5-7)11(14(17)18)12(10(9)13)15(19)20/h1-6H,(H,17,18)(H,19,20). The van der Waals surface area contributed by atoms with Crippen LogP contribution in [0.25, 0.3) is 21.9 Å². The summed E-state index contributed by atoms with van der Waals surface area (Å²) in [5, 5.41) is 18.8. The Morgan fingerprint density at radius 1 is 0.900 bits per heavy atom. The van der Waals surface area contributed by atoms with Gasteiger partial charge in [-0.05, 0) is 17.2 Å². The maximum atomic E-state index is 11.6. The van der Waals surface area contributed by atoms with Gasteiger partial charge in [-0.25, -0.2) is 9.59 Å². The van der Waals surface area contributed by atoms with Crippen LogP contribution >= 0.6 is 0 Å². The Hall–Kier alpha value is -2.95. The van der Waals surface area contributed by atoms with E-state index >= 15 is 0 Å². The van der Waals surface area contributed by atoms with E-state index in [1.54, 1.807) is 30.3 Å². The second-order valence-corrected chi connectivity index (χ2v) is 4.40. The number of carbonyl (C=O) groups is 2. The van der Waals surface area contributed by atoms with Crippen LogP contribution < -0.4 is 5.43 Å². The second kappa shape index (κ2) is 4.03. The summed E-state index contributed by atoms with van der Waals surface area (Å²) in [7, 11) is 0. The normalized spacial score (nSPS) is 11.0. The maximum Gasteiger partial charge on any atom is 0.337 e. The number of benzene rings is 2. The van der Waals surface area contributed by atoms with Crippen LogP contribution in [0.1, 0.15) is 20.7 Å². The molecule has 0 aliphatic carbocycles. The highest BCUT2D eigenvalue weighted by molar-refractivity contribution is 6.20. The predicted molar refractivity (Wildman–Crippen MR) is 71.9 cm³/mol. The van der Waals surface area contributed by atoms with Gasteiger partial charge in [0.1, 0.15) is 0 Å². The van der Waals surface area contributed by atoms with E-state index in [4.69, 9.17) is 0 Å². The first-order valence-electron chi connectivity index (χ1n) is 5.80. The van der Waals surface area contributed by atoms with E-state index < -0.39 is 22.9 Å². The van der Waals surface area contributed by atoms with Crippen molar-refractivity contribution < 1.29 is 19.8 Å². The molecule has 5 nitrogen and oxygen atoms in total. The lowest BCUT2D eigenvalue weighted by molar-refractivity contribution is 0.0654. The average molecular weight is 268 g/mol. The molecule has 0 saturated heterocycles. The summed E-state index contributed by atoms with van der Waals surface area (Å²) in [5.74, 6) is -2.76. The number of rotatable bonds is 3. The van der Waals surface area contributed by atoms with Gasteiger partial charge in [0.2, 0.25) is 0 Å². The van der Waals surface area contributed by atoms with E-state index in [0.717, 1.165) is 0 Å². The second-order valence-electron chi connectivity index (χ2n) is 4.40. The first-order valence-corrected chi connectivity index (χ1v) is 5.80. The third-order valence-electron chi connectivity index (χ3n) is 3.25. The van der Waals surface area contributed by atoms with Crippen LogP contribution in [-0.4, -0.2) is 22.2 Å². The minimum atomic E-state index is -1.40. The van der Waals surface area contributed by atoms with E-state index in [9.17, 15) is 24.6 Å². The fourth-order valence-corrected chi connectivity index (χ4v) is 2.33. The Labute approximate surface area is 112 Å². The number of aromatic carboxylic acids is 2. The lowest BCUT2D eigenvalue weighted by Gasteiger charge is -2.08. The summed E-state index contributed by atoms with van der Waals surface area (Å²) in [4.78, 5) is 34.3. The summed E-state index contributed by atoms with van der Waals surface area (Å²) < 4.78 is 0. The summed E-state index contributed by atoms with van der Waals surface area (Å²) in [6.07, 6.45) is 0. The molecule has 0 amide bonds. The van der Waals surface area contributed by atoms with Gasteiger partial charge in [0.25, 0.3) is 0 Å². The van der Waals surface area contributed by atoms with Crippen molar-refractivity contribution in [3.05, 3.63) is 57.7 Å². The van der Waals surface area contributed by atoms with Crippen molar-refractivity contribution in [2.75, 3.05) is 0 Å². The van der Waals surface area contributed by atoms with Crippen LogP contribution in [0, 0.1) is 0 Å². The molecule has 0 fully saturated rings. The van der Waals surface area contributed by atoms with Gasteiger partial charge in [0.05, 0.1) is 11.1 Å². The van der Waals surface area contributed by atoms with Gasteiger partial charge in [-0.15, -0.1) is 0 Å². The topological polar surface area (TPSA) is 91.7 Å². The highest BCUT2D eigenvalue weighted by atomic mass is 16.4. The van der Waals surface area contributed by atoms with E-state index in [1.807, 2.05) is 0 Å². The Balaban J connectivity index is 2.43. The number of hydrogen-bond donors (Lipinski definition) is 2. The Kier molecular flexibility index (Phi) is 2.44. The number of fused-ring (bicyclic) bond motifs is 1. The zero-order valence-electron chi connectivity index (χ0n) is 10.1. The molecule has 20 heavy (non-hydrogen) atoms. The maximum absolute atomic E-state index is 11.6. The Morgan fingerprint density at radius 2 is 1.50 bits per heavy atom. The molecule has 3 rings (SSSR count). The molecule has 5 heteroatoms. The van der Waals surface area contributed by atoms with Crippen LogP contribution in [0.3, 0.4) is 0 Å². The van der Waals surface area contributed by atoms with Gasteiger partial charge in [-0.1, -0.05) is 30.3 Å². The lowest BCUT2D eigenvalue weighted by atomic mass is 9.95. The summed E-state index contributed by atoms with van der Waals surface area (Å²) >= 11 is 0. The van der Waals surface area contributed by atoms with Gasteiger partial charge < -0.3 is 10.2 Å². The van der Waals surface area contributed by atoms with Crippen LogP contribution in [0.5, 0.6) is 0 Å². The zero-order chi connectivity index (χ0) is 14.4. The molecular weight excluding hydrogens is 260 g/mol. The molecule has 98 valence electrons. The molecule has 0 aliphatic rings. The van der Waals surface area contributed by atoms with Gasteiger partial charge >= 0.3 is 11.9 Å². The highest BCUT2D eigenvalue weighted by Crippen LogP contribution is 2.34. The first-order chi connectivity index (χ1) is 9.52. The molecule has 0 aliphatic heterocycles. The molecule has 0 spiro atoms. The molecular formula is C15H8O5. The summed E-state index contributed by atoms with van der Waals surface area (Å²) in [6.45, 7) is 0. The average Bonchev–Trinajstić information content (AvgIpc) is 3.08. The van der Waals surface area contributed by atoms with Crippen LogP contribution in [0.15, 0.2) is 41.2 Å². The molecule has 0 radical (unpaired) electrons. The van der Waals surface area contributed by atoms with E-state index in [0.29, 0.717) is 5.56 Å². The number of carboxylic acids is 2. The van der Waals surface area contributed by atoms with E-state index in [-0.39, 0.29) is 21.9 Å². The monoisotopic (exact) mass is 268 g/mol. The number of hydrogen-bond acceptors (Lipinski definition) is 3. The van der Waals surface area contributed by atoms with E-state index in [1.165, 1.54) is 6.07 Å². The lowest BCUT2D eigenvalue weighted by Crippen LogP contribution is -2.09. The van der Waals surface area contributed by atoms with Crippen molar-refractivity contribution >= 4 is 22.7 Å². The van der Waals surface area contributed by atoms with Crippen molar-refractivity contribution in [3.8, 4) is 11.1 Å². The minimum Gasteiger partial charge on any atom is -0.478 e. The third-order valence-corrected chi connectivity index (χ3v) is 3.25. The molecule has 3 aromatic rings. The molecule has 0 bridgehead atoms. The van der Waals surface area contributed by atoms with Crippen molar-refractivity contribution in [3.63, 3.8) is 0 Å². The quantitative estimate of drug-likeness (QED) is 0.759. The molecule has 0 saturated carbocycles. The minimum absolute atomic E-state index is 0.00887. The predicted octanol–water partition coefficient (Wildman–Crippen LogP) is 2.14. The molecule has 3 aromatic carbocycles. The molecule has 2 N–H and O–H groups in total. The zero-order valence-corrected chi connectivity index (χ0v) is 10.1. The van der Waals surface area contributed by atoms with Crippen LogP contribution in [0.4, 0.5) is 0 Å². The van der Waals surface area contributed by atoms with Gasteiger partial charge in [0, 0.05) is 10.8 Å². The van der Waals surface area contributed by atoms with Crippen molar-refractivity contribution in [1.82, 2.24) is 0 Å². The number of carboxylic acid groups (broad SMARTS) is 2. The van der Waals surface area contributed by atoms with Crippen molar-refractivity contribution in [2.45, 2.75) is 0 Å². The van der Waals surface area contributed by atoms with Crippen molar-refractivity contribution in [2.24, 2.45) is 0 Å². The van der Waals surface area contributed by atoms with Crippen molar-refractivity contribution in [1.29, 1.82) is 0 Å². The van der Waals surface area contributed by atoms with Crippen LogP contribution in [-0.2, 0) is 0 Å². The van der Waals surface area contributed by atoms with E-state index in [2.05, 4.69) is 0 Å². The largest absolute Gasteiger partial charge is 0.478 e. The third kappa shape index (κ3) is 1.60. The Morgan fingerprint density at radius 3 is 2.05 bits per heavy atom. The van der Waals surface area contributed by atoms with Gasteiger partial charge in [-0.3, -0.25) is 4.79 Å². The Bertz CT molecular complexity index is 867. The van der Waals surface area contributed by atoms with Crippen LogP contribution in [0.2, 0.25) is 0 Å². The summed E-state index contributed by atoms with van der Waals surface area (Å²) in [5.41, 5.74) is -0.339. The SMILES string of the molecule is O=C(O)c1c(-c2ccccc2)cc2c(=O)c2c1C(=O)O. The molecule has 0 atom stereocenters. The van der Waals surface area contributed by atoms with Gasteiger partial charge in [0.15, 0.2) is 5.43 Å². The summed E-state index contributed by atoms with van der Waals surface area (Å²) in [6, 6.07) is 9.99. The smallest absolute Gasteiger partial charge is 0.337 e. The molecule has 0 unspecified atom stereocenters.